The lowest BCUT2D eigenvalue weighted by Crippen LogP contribution is -2.25. The second kappa shape index (κ2) is 6.42. The van der Waals surface area contributed by atoms with Crippen molar-refractivity contribution in [3.63, 3.8) is 0 Å². The van der Waals surface area contributed by atoms with Crippen molar-refractivity contribution in [1.82, 2.24) is 0 Å². The van der Waals surface area contributed by atoms with Crippen molar-refractivity contribution >= 4 is 0 Å². The van der Waals surface area contributed by atoms with Gasteiger partial charge in [0.25, 0.3) is 0 Å². The van der Waals surface area contributed by atoms with E-state index in [4.69, 9.17) is 4.74 Å². The van der Waals surface area contributed by atoms with Gasteiger partial charge in [-0.25, -0.2) is 0 Å². The Morgan fingerprint density at radius 1 is 1.15 bits per heavy atom. The molecule has 1 unspecified atom stereocenters. The third kappa shape index (κ3) is 3.68. The predicted molar refractivity (Wildman–Crippen MR) is 56.9 cm³/mol. The highest BCUT2D eigenvalue weighted by Crippen LogP contribution is 2.29. The number of ether oxygens (including phenoxy) is 1. The first kappa shape index (κ1) is 11.0. The standard InChI is InChI=1S/C12H24O/c1-3-10-13-12(4-2)11-8-6-5-7-9-11/h11-12H,3-10H2,1-2H3. The van der Waals surface area contributed by atoms with Gasteiger partial charge in [-0.2, -0.15) is 0 Å². The average Bonchev–Trinajstić information content (AvgIpc) is 2.21. The van der Waals surface area contributed by atoms with Crippen LogP contribution in [0.3, 0.4) is 0 Å². The third-order valence-electron chi connectivity index (χ3n) is 3.11. The smallest absolute Gasteiger partial charge is 0.0600 e. The van der Waals surface area contributed by atoms with E-state index in [-0.39, 0.29) is 0 Å². The summed E-state index contributed by atoms with van der Waals surface area (Å²) in [6, 6.07) is 0. The normalized spacial score (nSPS) is 21.7. The Kier molecular flexibility index (Phi) is 5.45. The molecular formula is C12H24O. The van der Waals surface area contributed by atoms with Crippen LogP contribution in [0.1, 0.15) is 58.8 Å². The van der Waals surface area contributed by atoms with E-state index in [2.05, 4.69) is 13.8 Å². The monoisotopic (exact) mass is 184 g/mol. The molecule has 1 nitrogen and oxygen atoms in total. The van der Waals surface area contributed by atoms with E-state index < -0.39 is 0 Å². The van der Waals surface area contributed by atoms with Crippen LogP contribution in [0.4, 0.5) is 0 Å². The summed E-state index contributed by atoms with van der Waals surface area (Å²) in [7, 11) is 0. The Morgan fingerprint density at radius 2 is 1.85 bits per heavy atom. The molecule has 1 atom stereocenters. The minimum Gasteiger partial charge on any atom is -0.378 e. The molecule has 13 heavy (non-hydrogen) atoms. The minimum atomic E-state index is 0.556. The minimum absolute atomic E-state index is 0.556. The Hall–Kier alpha value is -0.0400. The molecule has 0 radical (unpaired) electrons. The molecule has 1 fully saturated rings. The molecule has 0 aliphatic heterocycles. The number of hydrogen-bond acceptors (Lipinski definition) is 1. The fourth-order valence-electron chi connectivity index (χ4n) is 2.36. The highest BCUT2D eigenvalue weighted by atomic mass is 16.5. The van der Waals surface area contributed by atoms with E-state index >= 15 is 0 Å². The first-order chi connectivity index (χ1) is 6.38. The summed E-state index contributed by atoms with van der Waals surface area (Å²) in [6.45, 7) is 5.40. The highest BCUT2D eigenvalue weighted by Gasteiger charge is 2.22. The van der Waals surface area contributed by atoms with Crippen LogP contribution in [-0.2, 0) is 4.74 Å². The van der Waals surface area contributed by atoms with Crippen molar-refractivity contribution < 1.29 is 4.74 Å². The van der Waals surface area contributed by atoms with Crippen LogP contribution >= 0.6 is 0 Å². The summed E-state index contributed by atoms with van der Waals surface area (Å²) >= 11 is 0. The summed E-state index contributed by atoms with van der Waals surface area (Å²) < 4.78 is 5.88. The molecule has 0 saturated heterocycles. The van der Waals surface area contributed by atoms with Gasteiger partial charge in [0.2, 0.25) is 0 Å². The maximum atomic E-state index is 5.88. The summed E-state index contributed by atoms with van der Waals surface area (Å²) in [6.07, 6.45) is 10.0. The largest absolute Gasteiger partial charge is 0.378 e. The first-order valence-electron chi connectivity index (χ1n) is 6.00. The summed E-state index contributed by atoms with van der Waals surface area (Å²) in [5, 5.41) is 0. The van der Waals surface area contributed by atoms with Crippen LogP contribution < -0.4 is 0 Å². The Labute approximate surface area is 82.9 Å². The summed E-state index contributed by atoms with van der Waals surface area (Å²) in [4.78, 5) is 0. The van der Waals surface area contributed by atoms with Crippen LogP contribution in [-0.4, -0.2) is 12.7 Å². The molecule has 0 heterocycles. The van der Waals surface area contributed by atoms with Crippen LogP contribution in [0.25, 0.3) is 0 Å². The fraction of sp³-hybridized carbons (Fsp3) is 1.00. The molecule has 1 aliphatic carbocycles. The van der Waals surface area contributed by atoms with Crippen molar-refractivity contribution in [3.05, 3.63) is 0 Å². The molecule has 78 valence electrons. The number of hydrogen-bond donors (Lipinski definition) is 0. The molecule has 0 spiro atoms. The molecule has 1 rings (SSSR count). The van der Waals surface area contributed by atoms with Gasteiger partial charge in [-0.1, -0.05) is 33.1 Å². The zero-order valence-electron chi connectivity index (χ0n) is 9.22. The van der Waals surface area contributed by atoms with Gasteiger partial charge >= 0.3 is 0 Å². The lowest BCUT2D eigenvalue weighted by molar-refractivity contribution is -0.00143. The predicted octanol–water partition coefficient (Wildman–Crippen LogP) is 3.77. The molecule has 0 aromatic rings. The van der Waals surface area contributed by atoms with Crippen LogP contribution in [0, 0.1) is 5.92 Å². The molecule has 0 bridgehead atoms. The van der Waals surface area contributed by atoms with Crippen LogP contribution in [0.15, 0.2) is 0 Å². The Bertz CT molecular complexity index is 116. The van der Waals surface area contributed by atoms with E-state index in [1.165, 1.54) is 38.5 Å². The van der Waals surface area contributed by atoms with Gasteiger partial charge in [0.1, 0.15) is 0 Å². The van der Waals surface area contributed by atoms with E-state index in [0.29, 0.717) is 6.10 Å². The van der Waals surface area contributed by atoms with Gasteiger partial charge in [-0.3, -0.25) is 0 Å². The fourth-order valence-corrected chi connectivity index (χ4v) is 2.36. The summed E-state index contributed by atoms with van der Waals surface area (Å²) in [5.74, 6) is 0.866. The molecular weight excluding hydrogens is 160 g/mol. The van der Waals surface area contributed by atoms with Crippen molar-refractivity contribution in [3.8, 4) is 0 Å². The molecule has 1 saturated carbocycles. The Balaban J connectivity index is 2.26. The van der Waals surface area contributed by atoms with Gasteiger partial charge < -0.3 is 4.74 Å². The second-order valence-electron chi connectivity index (χ2n) is 4.22. The third-order valence-corrected chi connectivity index (χ3v) is 3.11. The maximum Gasteiger partial charge on any atom is 0.0600 e. The van der Waals surface area contributed by atoms with Gasteiger partial charge in [0.05, 0.1) is 6.10 Å². The van der Waals surface area contributed by atoms with Gasteiger partial charge in [0, 0.05) is 6.61 Å². The summed E-state index contributed by atoms with van der Waals surface area (Å²) in [5.41, 5.74) is 0. The van der Waals surface area contributed by atoms with Crippen molar-refractivity contribution in [2.24, 2.45) is 5.92 Å². The van der Waals surface area contributed by atoms with E-state index in [1.807, 2.05) is 0 Å². The Morgan fingerprint density at radius 3 is 2.38 bits per heavy atom. The molecule has 0 N–H and O–H groups in total. The second-order valence-corrected chi connectivity index (χ2v) is 4.22. The quantitative estimate of drug-likeness (QED) is 0.632. The zero-order valence-corrected chi connectivity index (χ0v) is 9.22. The average molecular weight is 184 g/mol. The van der Waals surface area contributed by atoms with Crippen molar-refractivity contribution in [2.75, 3.05) is 6.61 Å². The maximum absolute atomic E-state index is 5.88. The van der Waals surface area contributed by atoms with Crippen molar-refractivity contribution in [2.45, 2.75) is 64.9 Å². The van der Waals surface area contributed by atoms with Gasteiger partial charge in [-0.15, -0.1) is 0 Å². The van der Waals surface area contributed by atoms with Gasteiger partial charge in [-0.05, 0) is 31.6 Å². The zero-order chi connectivity index (χ0) is 9.52. The van der Waals surface area contributed by atoms with E-state index in [1.54, 1.807) is 0 Å². The topological polar surface area (TPSA) is 9.23 Å². The van der Waals surface area contributed by atoms with E-state index in [0.717, 1.165) is 18.9 Å². The number of rotatable bonds is 5. The van der Waals surface area contributed by atoms with Gasteiger partial charge in [0.15, 0.2) is 0 Å². The SMILES string of the molecule is CCCOC(CC)C1CCCCC1. The molecule has 0 aromatic carbocycles. The van der Waals surface area contributed by atoms with Crippen LogP contribution in [0.2, 0.25) is 0 Å². The first-order valence-corrected chi connectivity index (χ1v) is 6.00. The van der Waals surface area contributed by atoms with E-state index in [9.17, 15) is 0 Å². The molecule has 0 amide bonds. The molecule has 0 aromatic heterocycles. The van der Waals surface area contributed by atoms with Crippen LogP contribution in [0.5, 0.6) is 0 Å². The molecule has 1 heteroatoms. The molecule has 1 aliphatic rings. The van der Waals surface area contributed by atoms with Crippen molar-refractivity contribution in [1.29, 1.82) is 0 Å². The lowest BCUT2D eigenvalue weighted by Gasteiger charge is -2.29. The lowest BCUT2D eigenvalue weighted by atomic mass is 9.84. The highest BCUT2D eigenvalue weighted by molar-refractivity contribution is 4.73.